The fourth-order valence-electron chi connectivity index (χ4n) is 1.12. The first-order valence-electron chi connectivity index (χ1n) is 4.66. The molecule has 14 heavy (non-hydrogen) atoms. The Bertz CT molecular complexity index is 305. The van der Waals surface area contributed by atoms with E-state index in [2.05, 4.69) is 6.58 Å². The van der Waals surface area contributed by atoms with Gasteiger partial charge in [0.05, 0.1) is 12.2 Å². The Morgan fingerprint density at radius 3 is 2.86 bits per heavy atom. The lowest BCUT2D eigenvalue weighted by atomic mass is 10.2. The summed E-state index contributed by atoms with van der Waals surface area (Å²) in [6.07, 6.45) is 4.53. The van der Waals surface area contributed by atoms with Crippen LogP contribution in [-0.4, -0.2) is 12.9 Å². The van der Waals surface area contributed by atoms with Crippen LogP contribution in [0.3, 0.4) is 0 Å². The number of benzene rings is 1. The standard InChI is InChI=1S/C12H14O2/c1-2-3-6-9-14-12-8-5-4-7-11(12)10-13/h2,4-5,7-8,10H,1,3,6,9H2. The highest BCUT2D eigenvalue weighted by atomic mass is 16.5. The number of carbonyl (C=O) groups is 1. The summed E-state index contributed by atoms with van der Waals surface area (Å²) in [6.45, 7) is 4.25. The number of unbranched alkanes of at least 4 members (excludes halogenated alkanes) is 1. The SMILES string of the molecule is C=CCCCOc1ccccc1C=O. The second kappa shape index (κ2) is 5.97. The highest BCUT2D eigenvalue weighted by Crippen LogP contribution is 2.15. The molecule has 0 spiro atoms. The molecule has 0 heterocycles. The molecule has 1 aromatic carbocycles. The molecule has 0 N–H and O–H groups in total. The average Bonchev–Trinajstić information content (AvgIpc) is 2.25. The van der Waals surface area contributed by atoms with Crippen LogP contribution in [0.1, 0.15) is 23.2 Å². The van der Waals surface area contributed by atoms with Crippen LogP contribution < -0.4 is 4.74 Å². The molecule has 0 aromatic heterocycles. The quantitative estimate of drug-likeness (QED) is 0.391. The number of allylic oxidation sites excluding steroid dienone is 1. The zero-order valence-corrected chi connectivity index (χ0v) is 8.11. The molecule has 1 rings (SSSR count). The number of carbonyl (C=O) groups excluding carboxylic acids is 1. The summed E-state index contributed by atoms with van der Waals surface area (Å²) in [5.41, 5.74) is 0.603. The van der Waals surface area contributed by atoms with E-state index in [1.165, 1.54) is 0 Å². The molecule has 1 aromatic rings. The number of rotatable bonds is 6. The van der Waals surface area contributed by atoms with Gasteiger partial charge in [-0.2, -0.15) is 0 Å². The number of ether oxygens (including phenoxy) is 1. The molecular formula is C12H14O2. The van der Waals surface area contributed by atoms with E-state index in [1.54, 1.807) is 12.1 Å². The summed E-state index contributed by atoms with van der Waals surface area (Å²) in [5.74, 6) is 0.659. The Labute approximate surface area is 84.2 Å². The summed E-state index contributed by atoms with van der Waals surface area (Å²) < 4.78 is 5.45. The Hall–Kier alpha value is -1.57. The zero-order chi connectivity index (χ0) is 10.2. The van der Waals surface area contributed by atoms with Crippen molar-refractivity contribution in [2.24, 2.45) is 0 Å². The van der Waals surface area contributed by atoms with Crippen molar-refractivity contribution in [3.05, 3.63) is 42.5 Å². The summed E-state index contributed by atoms with van der Waals surface area (Å²) in [7, 11) is 0. The monoisotopic (exact) mass is 190 g/mol. The largest absolute Gasteiger partial charge is 0.493 e. The van der Waals surface area contributed by atoms with Crippen LogP contribution in [0.25, 0.3) is 0 Å². The van der Waals surface area contributed by atoms with Crippen molar-refractivity contribution in [2.75, 3.05) is 6.61 Å². The van der Waals surface area contributed by atoms with Gasteiger partial charge in [-0.05, 0) is 25.0 Å². The van der Waals surface area contributed by atoms with E-state index < -0.39 is 0 Å². The van der Waals surface area contributed by atoms with E-state index in [0.717, 1.165) is 19.1 Å². The normalized spacial score (nSPS) is 9.43. The Balaban J connectivity index is 2.48. The molecular weight excluding hydrogens is 176 g/mol. The van der Waals surface area contributed by atoms with Gasteiger partial charge in [0.1, 0.15) is 5.75 Å². The van der Waals surface area contributed by atoms with Gasteiger partial charge in [-0.1, -0.05) is 18.2 Å². The summed E-state index contributed by atoms with van der Waals surface area (Å²) in [6, 6.07) is 7.23. The highest BCUT2D eigenvalue weighted by Gasteiger charge is 1.99. The van der Waals surface area contributed by atoms with Crippen molar-refractivity contribution < 1.29 is 9.53 Å². The molecule has 2 nitrogen and oxygen atoms in total. The van der Waals surface area contributed by atoms with E-state index in [1.807, 2.05) is 18.2 Å². The van der Waals surface area contributed by atoms with Crippen LogP contribution in [0, 0.1) is 0 Å². The van der Waals surface area contributed by atoms with Gasteiger partial charge < -0.3 is 4.74 Å². The van der Waals surface area contributed by atoms with Crippen LogP contribution in [0.2, 0.25) is 0 Å². The van der Waals surface area contributed by atoms with E-state index in [-0.39, 0.29) is 0 Å². The minimum absolute atomic E-state index is 0.603. The van der Waals surface area contributed by atoms with Gasteiger partial charge in [0, 0.05) is 0 Å². The molecule has 0 saturated heterocycles. The van der Waals surface area contributed by atoms with E-state index >= 15 is 0 Å². The average molecular weight is 190 g/mol. The summed E-state index contributed by atoms with van der Waals surface area (Å²) >= 11 is 0. The van der Waals surface area contributed by atoms with Crippen LogP contribution in [0.15, 0.2) is 36.9 Å². The molecule has 0 radical (unpaired) electrons. The van der Waals surface area contributed by atoms with Crippen molar-refractivity contribution in [1.29, 1.82) is 0 Å². The maximum atomic E-state index is 10.6. The van der Waals surface area contributed by atoms with Crippen molar-refractivity contribution in [3.63, 3.8) is 0 Å². The topological polar surface area (TPSA) is 26.3 Å². The fourth-order valence-corrected chi connectivity index (χ4v) is 1.12. The Kier molecular flexibility index (Phi) is 4.48. The molecule has 0 aliphatic heterocycles. The molecule has 0 unspecified atom stereocenters. The smallest absolute Gasteiger partial charge is 0.153 e. The van der Waals surface area contributed by atoms with Gasteiger partial charge in [0.15, 0.2) is 6.29 Å². The second-order valence-corrected chi connectivity index (χ2v) is 2.94. The number of hydrogen-bond donors (Lipinski definition) is 0. The van der Waals surface area contributed by atoms with E-state index in [0.29, 0.717) is 17.9 Å². The molecule has 0 bridgehead atoms. The fraction of sp³-hybridized carbons (Fsp3) is 0.250. The Morgan fingerprint density at radius 2 is 2.14 bits per heavy atom. The van der Waals surface area contributed by atoms with Crippen molar-refractivity contribution in [3.8, 4) is 5.75 Å². The van der Waals surface area contributed by atoms with Gasteiger partial charge in [-0.3, -0.25) is 4.79 Å². The second-order valence-electron chi connectivity index (χ2n) is 2.94. The molecule has 2 heteroatoms. The van der Waals surface area contributed by atoms with Crippen LogP contribution in [0.5, 0.6) is 5.75 Å². The molecule has 0 fully saturated rings. The summed E-state index contributed by atoms with van der Waals surface area (Å²) in [4.78, 5) is 10.6. The number of aldehydes is 1. The van der Waals surface area contributed by atoms with Gasteiger partial charge in [-0.25, -0.2) is 0 Å². The lowest BCUT2D eigenvalue weighted by molar-refractivity contribution is 0.111. The predicted molar refractivity (Wildman–Crippen MR) is 56.8 cm³/mol. The third-order valence-electron chi connectivity index (χ3n) is 1.86. The Morgan fingerprint density at radius 1 is 1.36 bits per heavy atom. The first-order valence-corrected chi connectivity index (χ1v) is 4.66. The molecule has 0 saturated carbocycles. The molecule has 0 aliphatic carbocycles. The lowest BCUT2D eigenvalue weighted by Gasteiger charge is -2.06. The molecule has 0 amide bonds. The molecule has 74 valence electrons. The first-order chi connectivity index (χ1) is 6.88. The zero-order valence-electron chi connectivity index (χ0n) is 8.11. The minimum atomic E-state index is 0.603. The first kappa shape index (κ1) is 10.5. The van der Waals surface area contributed by atoms with Crippen molar-refractivity contribution in [2.45, 2.75) is 12.8 Å². The highest BCUT2D eigenvalue weighted by molar-refractivity contribution is 5.79. The molecule has 0 atom stereocenters. The van der Waals surface area contributed by atoms with Gasteiger partial charge >= 0.3 is 0 Å². The van der Waals surface area contributed by atoms with Gasteiger partial charge in [0.25, 0.3) is 0 Å². The number of para-hydroxylation sites is 1. The van der Waals surface area contributed by atoms with E-state index in [4.69, 9.17) is 4.74 Å². The summed E-state index contributed by atoms with van der Waals surface area (Å²) in [5, 5.41) is 0. The van der Waals surface area contributed by atoms with Crippen LogP contribution in [-0.2, 0) is 0 Å². The maximum absolute atomic E-state index is 10.6. The third-order valence-corrected chi connectivity index (χ3v) is 1.86. The van der Waals surface area contributed by atoms with Crippen molar-refractivity contribution in [1.82, 2.24) is 0 Å². The third kappa shape index (κ3) is 3.05. The van der Waals surface area contributed by atoms with E-state index in [9.17, 15) is 4.79 Å². The number of hydrogen-bond acceptors (Lipinski definition) is 2. The van der Waals surface area contributed by atoms with Crippen LogP contribution >= 0.6 is 0 Å². The minimum Gasteiger partial charge on any atom is -0.493 e. The lowest BCUT2D eigenvalue weighted by Crippen LogP contribution is -1.99. The van der Waals surface area contributed by atoms with Crippen LogP contribution in [0.4, 0.5) is 0 Å². The van der Waals surface area contributed by atoms with Crippen molar-refractivity contribution >= 4 is 6.29 Å². The van der Waals surface area contributed by atoms with Gasteiger partial charge in [-0.15, -0.1) is 6.58 Å². The maximum Gasteiger partial charge on any atom is 0.153 e. The van der Waals surface area contributed by atoms with Gasteiger partial charge in [0.2, 0.25) is 0 Å². The molecule has 0 aliphatic rings. The predicted octanol–water partition coefficient (Wildman–Crippen LogP) is 2.84.